The van der Waals surface area contributed by atoms with Crippen LogP contribution in [0.1, 0.15) is 38.8 Å². The molecule has 1 atom stereocenters. The molecule has 1 aliphatic rings. The summed E-state index contributed by atoms with van der Waals surface area (Å²) in [6, 6.07) is 0.473. The third-order valence-electron chi connectivity index (χ3n) is 3.39. The molecule has 0 radical (unpaired) electrons. The van der Waals surface area contributed by atoms with Gasteiger partial charge in [-0.15, -0.1) is 11.3 Å². The van der Waals surface area contributed by atoms with Crippen molar-refractivity contribution in [3.05, 3.63) is 11.1 Å². The fourth-order valence-electron chi connectivity index (χ4n) is 2.07. The van der Waals surface area contributed by atoms with Crippen LogP contribution in [0.4, 0.5) is 5.13 Å². The summed E-state index contributed by atoms with van der Waals surface area (Å²) in [5.74, 6) is 0.573. The fourth-order valence-corrected chi connectivity index (χ4v) is 2.87. The largest absolute Gasteiger partial charge is 0.466 e. The van der Waals surface area contributed by atoms with Crippen molar-refractivity contribution in [1.29, 1.82) is 0 Å². The average Bonchev–Trinajstić information content (AvgIpc) is 2.62. The maximum atomic E-state index is 11.3. The number of nitrogens with zero attached hydrogens (tertiary/aromatic N) is 1. The maximum Gasteiger partial charge on any atom is 0.311 e. The van der Waals surface area contributed by atoms with Crippen LogP contribution in [0.15, 0.2) is 5.38 Å². The van der Waals surface area contributed by atoms with Crippen LogP contribution in [0, 0.1) is 5.92 Å². The Bertz CT molecular complexity index is 401. The second kappa shape index (κ2) is 6.18. The molecular weight excluding hydrogens is 248 g/mol. The van der Waals surface area contributed by atoms with E-state index in [1.165, 1.54) is 19.3 Å². The summed E-state index contributed by atoms with van der Waals surface area (Å²) in [6.45, 7) is 4.44. The average molecular weight is 268 g/mol. The first kappa shape index (κ1) is 13.3. The Balaban J connectivity index is 1.83. The molecule has 0 bridgehead atoms. The van der Waals surface area contributed by atoms with Crippen LogP contribution in [0.3, 0.4) is 0 Å². The van der Waals surface area contributed by atoms with Crippen molar-refractivity contribution in [3.63, 3.8) is 0 Å². The van der Waals surface area contributed by atoms with E-state index in [0.29, 0.717) is 12.6 Å². The number of hydrogen-bond donors (Lipinski definition) is 1. The molecule has 1 N–H and O–H groups in total. The number of aromatic nitrogens is 1. The van der Waals surface area contributed by atoms with Crippen LogP contribution in [0.5, 0.6) is 0 Å². The third-order valence-corrected chi connectivity index (χ3v) is 4.21. The highest BCUT2D eigenvalue weighted by atomic mass is 32.1. The van der Waals surface area contributed by atoms with Crippen molar-refractivity contribution in [3.8, 4) is 0 Å². The molecule has 0 spiro atoms. The van der Waals surface area contributed by atoms with Gasteiger partial charge >= 0.3 is 5.97 Å². The van der Waals surface area contributed by atoms with E-state index in [0.717, 1.165) is 16.7 Å². The number of esters is 1. The molecule has 0 amide bonds. The summed E-state index contributed by atoms with van der Waals surface area (Å²) in [4.78, 5) is 15.7. The predicted molar refractivity (Wildman–Crippen MR) is 72.9 cm³/mol. The Morgan fingerprint density at radius 1 is 1.67 bits per heavy atom. The number of hydrogen-bond acceptors (Lipinski definition) is 5. The zero-order valence-electron chi connectivity index (χ0n) is 10.9. The molecular formula is C13H20N2O2S. The summed E-state index contributed by atoms with van der Waals surface area (Å²) in [5, 5.41) is 6.26. The molecule has 18 heavy (non-hydrogen) atoms. The molecule has 1 heterocycles. The van der Waals surface area contributed by atoms with Gasteiger partial charge in [0, 0.05) is 11.4 Å². The lowest BCUT2D eigenvalue weighted by Crippen LogP contribution is -2.30. The van der Waals surface area contributed by atoms with Gasteiger partial charge in [-0.2, -0.15) is 0 Å². The van der Waals surface area contributed by atoms with Crippen LogP contribution in [0.25, 0.3) is 0 Å². The number of thiazole rings is 1. The van der Waals surface area contributed by atoms with Crippen molar-refractivity contribution >= 4 is 22.4 Å². The zero-order chi connectivity index (χ0) is 13.0. The Labute approximate surface area is 112 Å². The van der Waals surface area contributed by atoms with Gasteiger partial charge < -0.3 is 10.1 Å². The molecule has 0 aliphatic heterocycles. The Kier molecular flexibility index (Phi) is 4.58. The topological polar surface area (TPSA) is 51.2 Å². The molecule has 2 rings (SSSR count). The molecule has 0 saturated heterocycles. The van der Waals surface area contributed by atoms with Crippen molar-refractivity contribution in [2.24, 2.45) is 5.92 Å². The lowest BCUT2D eigenvalue weighted by molar-refractivity contribution is -0.142. The Morgan fingerprint density at radius 3 is 3.06 bits per heavy atom. The van der Waals surface area contributed by atoms with Gasteiger partial charge in [-0.25, -0.2) is 4.98 Å². The summed E-state index contributed by atoms with van der Waals surface area (Å²) < 4.78 is 4.91. The van der Waals surface area contributed by atoms with Gasteiger partial charge in [-0.1, -0.05) is 6.42 Å². The first-order valence-electron chi connectivity index (χ1n) is 6.55. The van der Waals surface area contributed by atoms with Gasteiger partial charge in [-0.05, 0) is 32.6 Å². The molecule has 1 saturated carbocycles. The number of ether oxygens (including phenoxy) is 1. The second-order valence-corrected chi connectivity index (χ2v) is 5.61. The van der Waals surface area contributed by atoms with Crippen molar-refractivity contribution in [1.82, 2.24) is 4.98 Å². The first-order chi connectivity index (χ1) is 8.69. The summed E-state index contributed by atoms with van der Waals surface area (Å²) in [6.07, 6.45) is 4.25. The van der Waals surface area contributed by atoms with E-state index in [1.807, 2.05) is 12.3 Å². The Hall–Kier alpha value is -1.10. The first-order valence-corrected chi connectivity index (χ1v) is 7.43. The smallest absolute Gasteiger partial charge is 0.311 e. The predicted octanol–water partition coefficient (Wildman–Crippen LogP) is 2.85. The standard InChI is InChI=1S/C13H20N2O2S/c1-3-17-12(16)7-11-8-18-13(15-11)14-9(2)10-5-4-6-10/h8-10H,3-7H2,1-2H3,(H,14,15). The molecule has 5 heteroatoms. The number of rotatable bonds is 6. The molecule has 1 aliphatic carbocycles. The minimum absolute atomic E-state index is 0.207. The van der Waals surface area contributed by atoms with Crippen molar-refractivity contribution in [2.75, 3.05) is 11.9 Å². The summed E-state index contributed by atoms with van der Waals surface area (Å²) in [5.41, 5.74) is 0.793. The van der Waals surface area contributed by atoms with E-state index in [4.69, 9.17) is 4.74 Å². The molecule has 1 aromatic rings. The van der Waals surface area contributed by atoms with Gasteiger partial charge in [0.05, 0.1) is 18.7 Å². The highest BCUT2D eigenvalue weighted by Crippen LogP contribution is 2.31. The summed E-state index contributed by atoms with van der Waals surface area (Å²) >= 11 is 1.56. The second-order valence-electron chi connectivity index (χ2n) is 4.75. The molecule has 100 valence electrons. The van der Waals surface area contributed by atoms with Crippen molar-refractivity contribution < 1.29 is 9.53 Å². The molecule has 0 aromatic carbocycles. The van der Waals surface area contributed by atoms with Gasteiger partial charge in [-0.3, -0.25) is 4.79 Å². The number of nitrogens with one attached hydrogen (secondary N) is 1. The Morgan fingerprint density at radius 2 is 2.44 bits per heavy atom. The monoisotopic (exact) mass is 268 g/mol. The van der Waals surface area contributed by atoms with Crippen LogP contribution in [0.2, 0.25) is 0 Å². The zero-order valence-corrected chi connectivity index (χ0v) is 11.8. The van der Waals surface area contributed by atoms with E-state index < -0.39 is 0 Å². The lowest BCUT2D eigenvalue weighted by Gasteiger charge is -2.31. The number of carbonyl (C=O) groups is 1. The highest BCUT2D eigenvalue weighted by Gasteiger charge is 2.24. The maximum absolute atomic E-state index is 11.3. The van der Waals surface area contributed by atoms with E-state index in [9.17, 15) is 4.79 Å². The molecule has 1 unspecified atom stereocenters. The van der Waals surface area contributed by atoms with Crippen LogP contribution in [-0.4, -0.2) is 23.6 Å². The normalized spacial score (nSPS) is 17.0. The van der Waals surface area contributed by atoms with E-state index in [2.05, 4.69) is 17.2 Å². The van der Waals surface area contributed by atoms with E-state index >= 15 is 0 Å². The van der Waals surface area contributed by atoms with Gasteiger partial charge in [0.2, 0.25) is 0 Å². The summed E-state index contributed by atoms with van der Waals surface area (Å²) in [7, 11) is 0. The van der Waals surface area contributed by atoms with Gasteiger partial charge in [0.1, 0.15) is 0 Å². The van der Waals surface area contributed by atoms with Crippen LogP contribution in [-0.2, 0) is 16.0 Å². The van der Waals surface area contributed by atoms with Crippen molar-refractivity contribution in [2.45, 2.75) is 45.6 Å². The lowest BCUT2D eigenvalue weighted by atomic mass is 9.80. The van der Waals surface area contributed by atoms with E-state index in [1.54, 1.807) is 11.3 Å². The SMILES string of the molecule is CCOC(=O)Cc1csc(NC(C)C2CCC2)n1. The van der Waals surface area contributed by atoms with Crippen LogP contribution >= 0.6 is 11.3 Å². The molecule has 4 nitrogen and oxygen atoms in total. The van der Waals surface area contributed by atoms with Crippen LogP contribution < -0.4 is 5.32 Å². The minimum Gasteiger partial charge on any atom is -0.466 e. The highest BCUT2D eigenvalue weighted by molar-refractivity contribution is 7.13. The molecule has 1 aromatic heterocycles. The fraction of sp³-hybridized carbons (Fsp3) is 0.692. The molecule has 1 fully saturated rings. The van der Waals surface area contributed by atoms with Gasteiger partial charge in [0.25, 0.3) is 0 Å². The minimum atomic E-state index is -0.207. The quantitative estimate of drug-likeness (QED) is 0.806. The van der Waals surface area contributed by atoms with E-state index in [-0.39, 0.29) is 12.4 Å². The third kappa shape index (κ3) is 3.45. The number of anilines is 1. The number of carbonyl (C=O) groups excluding carboxylic acids is 1. The van der Waals surface area contributed by atoms with Gasteiger partial charge in [0.15, 0.2) is 5.13 Å².